The summed E-state index contributed by atoms with van der Waals surface area (Å²) < 4.78 is 23.4. The van der Waals surface area contributed by atoms with Crippen molar-refractivity contribution in [1.29, 1.82) is 0 Å². The van der Waals surface area contributed by atoms with Crippen LogP contribution in [-0.4, -0.2) is 38.1 Å². The number of hydrogen-bond donors (Lipinski definition) is 2. The van der Waals surface area contributed by atoms with Gasteiger partial charge >= 0.3 is 0 Å². The number of ether oxygens (including phenoxy) is 2. The smallest absolute Gasteiger partial charge is 0.244 e. The molecule has 0 spiro atoms. The summed E-state index contributed by atoms with van der Waals surface area (Å²) >= 11 is 0. The molecule has 0 aliphatic rings. The van der Waals surface area contributed by atoms with Gasteiger partial charge in [-0.3, -0.25) is 9.59 Å². The van der Waals surface area contributed by atoms with Gasteiger partial charge in [0.05, 0.1) is 13.7 Å². The molecule has 2 aromatic rings. The summed E-state index contributed by atoms with van der Waals surface area (Å²) in [4.78, 5) is 23.9. The number of benzene rings is 2. The fourth-order valence-electron chi connectivity index (χ4n) is 2.27. The van der Waals surface area contributed by atoms with Crippen LogP contribution in [0.3, 0.4) is 0 Å². The first-order valence-corrected chi connectivity index (χ1v) is 8.76. The fraction of sp³-hybridized carbons (Fsp3) is 0.238. The summed E-state index contributed by atoms with van der Waals surface area (Å²) in [5.74, 6) is 0.0108. The molecule has 0 aromatic heterocycles. The molecule has 0 heterocycles. The molecule has 2 N–H and O–H groups in total. The van der Waals surface area contributed by atoms with Crippen LogP contribution >= 0.6 is 0 Å². The number of carbonyl (C=O) groups is 2. The van der Waals surface area contributed by atoms with E-state index in [-0.39, 0.29) is 30.8 Å². The highest BCUT2D eigenvalue weighted by Crippen LogP contribution is 2.12. The lowest BCUT2D eigenvalue weighted by molar-refractivity contribution is -0.126. The first-order chi connectivity index (χ1) is 13.5. The average Bonchev–Trinajstić information content (AvgIpc) is 2.70. The maximum atomic E-state index is 13.0. The molecule has 0 fully saturated rings. The van der Waals surface area contributed by atoms with Gasteiger partial charge in [-0.2, -0.15) is 0 Å². The quantitative estimate of drug-likeness (QED) is 0.513. The Hall–Kier alpha value is -3.35. The summed E-state index contributed by atoms with van der Waals surface area (Å²) in [6.07, 6.45) is 3.00. The van der Waals surface area contributed by atoms with Crippen molar-refractivity contribution in [2.24, 2.45) is 0 Å². The molecule has 7 heteroatoms. The van der Waals surface area contributed by atoms with Crippen molar-refractivity contribution in [3.63, 3.8) is 0 Å². The molecule has 0 saturated carbocycles. The number of carbonyl (C=O) groups excluding carboxylic acids is 2. The summed E-state index contributed by atoms with van der Waals surface area (Å²) in [6, 6.07) is 12.3. The SMILES string of the molecule is COc1ccc(/C=C/C(=O)NC(C)C(=O)NCCOc2cccc(F)c2)cc1. The highest BCUT2D eigenvalue weighted by Gasteiger charge is 2.13. The Morgan fingerprint density at radius 3 is 2.57 bits per heavy atom. The van der Waals surface area contributed by atoms with E-state index in [1.165, 1.54) is 18.2 Å². The number of hydrogen-bond acceptors (Lipinski definition) is 4. The first-order valence-electron chi connectivity index (χ1n) is 8.76. The predicted molar refractivity (Wildman–Crippen MR) is 105 cm³/mol. The maximum absolute atomic E-state index is 13.0. The monoisotopic (exact) mass is 386 g/mol. The van der Waals surface area contributed by atoms with E-state index < -0.39 is 6.04 Å². The van der Waals surface area contributed by atoms with Crippen LogP contribution in [0.4, 0.5) is 4.39 Å². The van der Waals surface area contributed by atoms with Gasteiger partial charge < -0.3 is 20.1 Å². The van der Waals surface area contributed by atoms with Crippen molar-refractivity contribution in [2.45, 2.75) is 13.0 Å². The standard InChI is InChI=1S/C21H23FN2O4/c1-15(21(26)23-12-13-28-19-5-3-4-17(22)14-19)24-20(25)11-8-16-6-9-18(27-2)10-7-16/h3-11,14-15H,12-13H2,1-2H3,(H,23,26)(H,24,25)/b11-8+. The highest BCUT2D eigenvalue weighted by atomic mass is 19.1. The second kappa shape index (κ2) is 10.7. The molecule has 148 valence electrons. The number of nitrogens with one attached hydrogen (secondary N) is 2. The minimum Gasteiger partial charge on any atom is -0.497 e. The van der Waals surface area contributed by atoms with Crippen LogP contribution in [0.2, 0.25) is 0 Å². The van der Waals surface area contributed by atoms with Crippen molar-refractivity contribution in [2.75, 3.05) is 20.3 Å². The first kappa shape index (κ1) is 21.0. The van der Waals surface area contributed by atoms with Crippen molar-refractivity contribution >= 4 is 17.9 Å². The zero-order valence-electron chi connectivity index (χ0n) is 15.8. The second-order valence-electron chi connectivity index (χ2n) is 5.93. The van der Waals surface area contributed by atoms with E-state index in [0.29, 0.717) is 5.75 Å². The Labute approximate surface area is 163 Å². The van der Waals surface area contributed by atoms with Crippen molar-refractivity contribution in [3.8, 4) is 11.5 Å². The number of methoxy groups -OCH3 is 1. The molecule has 28 heavy (non-hydrogen) atoms. The molecular weight excluding hydrogens is 363 g/mol. The van der Waals surface area contributed by atoms with Crippen LogP contribution in [0.15, 0.2) is 54.6 Å². The van der Waals surface area contributed by atoms with E-state index in [0.717, 1.165) is 11.3 Å². The number of halogens is 1. The Morgan fingerprint density at radius 1 is 1.14 bits per heavy atom. The van der Waals surface area contributed by atoms with Crippen LogP contribution in [0.1, 0.15) is 12.5 Å². The normalized spacial score (nSPS) is 11.7. The lowest BCUT2D eigenvalue weighted by Gasteiger charge is -2.13. The molecular formula is C21H23FN2O4. The van der Waals surface area contributed by atoms with E-state index >= 15 is 0 Å². The van der Waals surface area contributed by atoms with Gasteiger partial charge in [0.1, 0.15) is 30.0 Å². The summed E-state index contributed by atoms with van der Waals surface area (Å²) in [7, 11) is 1.58. The molecule has 2 aromatic carbocycles. The predicted octanol–water partition coefficient (Wildman–Crippen LogP) is 2.55. The van der Waals surface area contributed by atoms with E-state index in [4.69, 9.17) is 9.47 Å². The topological polar surface area (TPSA) is 76.7 Å². The van der Waals surface area contributed by atoms with Crippen molar-refractivity contribution in [3.05, 3.63) is 66.0 Å². The van der Waals surface area contributed by atoms with Gasteiger partial charge in [0.25, 0.3) is 0 Å². The highest BCUT2D eigenvalue weighted by molar-refractivity contribution is 5.95. The molecule has 2 rings (SSSR count). The van der Waals surface area contributed by atoms with Crippen LogP contribution in [0, 0.1) is 5.82 Å². The van der Waals surface area contributed by atoms with Gasteiger partial charge in [-0.15, -0.1) is 0 Å². The largest absolute Gasteiger partial charge is 0.497 e. The molecule has 6 nitrogen and oxygen atoms in total. The lowest BCUT2D eigenvalue weighted by Crippen LogP contribution is -2.45. The molecule has 0 aliphatic heterocycles. The molecule has 1 unspecified atom stereocenters. The van der Waals surface area contributed by atoms with Gasteiger partial charge in [-0.1, -0.05) is 18.2 Å². The van der Waals surface area contributed by atoms with Gasteiger partial charge in [-0.05, 0) is 42.8 Å². The van der Waals surface area contributed by atoms with Crippen LogP contribution < -0.4 is 20.1 Å². The zero-order valence-corrected chi connectivity index (χ0v) is 15.8. The van der Waals surface area contributed by atoms with E-state index in [1.54, 1.807) is 44.4 Å². The number of rotatable bonds is 9. The van der Waals surface area contributed by atoms with Gasteiger partial charge in [0.2, 0.25) is 11.8 Å². The average molecular weight is 386 g/mol. The van der Waals surface area contributed by atoms with E-state index in [1.807, 2.05) is 12.1 Å². The van der Waals surface area contributed by atoms with Crippen LogP contribution in [-0.2, 0) is 9.59 Å². The molecule has 0 bridgehead atoms. The number of amides is 2. The lowest BCUT2D eigenvalue weighted by atomic mass is 10.2. The Morgan fingerprint density at radius 2 is 1.89 bits per heavy atom. The van der Waals surface area contributed by atoms with Gasteiger partial charge in [-0.25, -0.2) is 4.39 Å². The summed E-state index contributed by atoms with van der Waals surface area (Å²) in [5.41, 5.74) is 0.836. The third-order valence-electron chi connectivity index (χ3n) is 3.76. The van der Waals surface area contributed by atoms with Crippen LogP contribution in [0.25, 0.3) is 6.08 Å². The van der Waals surface area contributed by atoms with Gasteiger partial charge in [0, 0.05) is 12.1 Å². The van der Waals surface area contributed by atoms with Gasteiger partial charge in [0.15, 0.2) is 0 Å². The second-order valence-corrected chi connectivity index (χ2v) is 5.93. The third kappa shape index (κ3) is 7.11. The summed E-state index contributed by atoms with van der Waals surface area (Å²) in [6.45, 7) is 2.01. The fourth-order valence-corrected chi connectivity index (χ4v) is 2.27. The minimum atomic E-state index is -0.706. The summed E-state index contributed by atoms with van der Waals surface area (Å²) in [5, 5.41) is 5.23. The maximum Gasteiger partial charge on any atom is 0.244 e. The minimum absolute atomic E-state index is 0.188. The zero-order chi connectivity index (χ0) is 20.4. The van der Waals surface area contributed by atoms with Crippen molar-refractivity contribution < 1.29 is 23.5 Å². The molecule has 1 atom stereocenters. The Kier molecular flexibility index (Phi) is 8.02. The Balaban J connectivity index is 1.70. The Bertz CT molecular complexity index is 821. The van der Waals surface area contributed by atoms with Crippen LogP contribution in [0.5, 0.6) is 11.5 Å². The van der Waals surface area contributed by atoms with E-state index in [9.17, 15) is 14.0 Å². The van der Waals surface area contributed by atoms with E-state index in [2.05, 4.69) is 10.6 Å². The molecule has 2 amide bonds. The molecule has 0 saturated heterocycles. The van der Waals surface area contributed by atoms with Crippen molar-refractivity contribution in [1.82, 2.24) is 10.6 Å². The molecule has 0 aliphatic carbocycles. The third-order valence-corrected chi connectivity index (χ3v) is 3.76. The molecule has 0 radical (unpaired) electrons.